The Morgan fingerprint density at radius 1 is 1.16 bits per heavy atom. The molecule has 196 valence electrons. The molecular formula is C23H27N6O7P. The number of ether oxygens (including phenoxy) is 2. The van der Waals surface area contributed by atoms with E-state index >= 15 is 0 Å². The molecule has 0 fully saturated rings. The lowest BCUT2D eigenvalue weighted by molar-refractivity contribution is -0.142. The van der Waals surface area contributed by atoms with Gasteiger partial charge in [-0.1, -0.05) is 12.2 Å². The van der Waals surface area contributed by atoms with Crippen LogP contribution in [0.5, 0.6) is 5.75 Å². The van der Waals surface area contributed by atoms with E-state index in [2.05, 4.69) is 24.8 Å². The van der Waals surface area contributed by atoms with Gasteiger partial charge in [0.1, 0.15) is 23.6 Å². The van der Waals surface area contributed by atoms with Crippen LogP contribution in [0.25, 0.3) is 11.2 Å². The van der Waals surface area contributed by atoms with Gasteiger partial charge in [-0.3, -0.25) is 9.32 Å². The molecule has 3 aromatic rings. The first-order valence-electron chi connectivity index (χ1n) is 11.3. The molecule has 0 amide bonds. The Balaban J connectivity index is 1.45. The zero-order chi connectivity index (χ0) is 26.6. The molecule has 2 heterocycles. The van der Waals surface area contributed by atoms with Crippen molar-refractivity contribution in [3.05, 3.63) is 54.6 Å². The third-order valence-corrected chi connectivity index (χ3v) is 7.40. The van der Waals surface area contributed by atoms with Crippen LogP contribution in [0, 0.1) is 5.92 Å². The molecule has 4 rings (SSSR count). The maximum absolute atomic E-state index is 13.6. The number of nitrogen functional groups attached to an aromatic ring is 1. The molecule has 37 heavy (non-hydrogen) atoms. The Bertz CT molecular complexity index is 1360. The van der Waals surface area contributed by atoms with Crippen LogP contribution in [-0.2, 0) is 23.4 Å². The normalized spacial score (nSPS) is 19.3. The fourth-order valence-corrected chi connectivity index (χ4v) is 5.40. The van der Waals surface area contributed by atoms with Gasteiger partial charge in [0.05, 0.1) is 38.8 Å². The number of carbonyl (C=O) groups excluding carboxylic acids is 2. The second-order valence-electron chi connectivity index (χ2n) is 8.31. The van der Waals surface area contributed by atoms with Gasteiger partial charge in [-0.2, -0.15) is 5.09 Å². The lowest BCUT2D eigenvalue weighted by Gasteiger charge is -2.24. The predicted octanol–water partition coefficient (Wildman–Crippen LogP) is 2.67. The van der Waals surface area contributed by atoms with Crippen molar-refractivity contribution in [1.82, 2.24) is 24.6 Å². The van der Waals surface area contributed by atoms with E-state index in [1.54, 1.807) is 6.33 Å². The van der Waals surface area contributed by atoms with Gasteiger partial charge in [0.15, 0.2) is 11.5 Å². The van der Waals surface area contributed by atoms with Crippen molar-refractivity contribution in [2.45, 2.75) is 25.4 Å². The van der Waals surface area contributed by atoms with E-state index in [1.807, 2.05) is 16.7 Å². The summed E-state index contributed by atoms with van der Waals surface area (Å²) in [6.45, 7) is 1.52. The van der Waals surface area contributed by atoms with E-state index in [9.17, 15) is 14.2 Å². The van der Waals surface area contributed by atoms with E-state index in [4.69, 9.17) is 19.5 Å². The van der Waals surface area contributed by atoms with Crippen LogP contribution >= 0.6 is 7.75 Å². The minimum absolute atomic E-state index is 0.0369. The maximum atomic E-state index is 13.6. The molecule has 3 N–H and O–H groups in total. The average Bonchev–Trinajstić information content (AvgIpc) is 3.54. The summed E-state index contributed by atoms with van der Waals surface area (Å²) in [6.07, 6.45) is 7.58. The number of methoxy groups -OCH3 is 2. The molecule has 1 aromatic carbocycles. The van der Waals surface area contributed by atoms with Gasteiger partial charge in [-0.05, 0) is 37.6 Å². The summed E-state index contributed by atoms with van der Waals surface area (Å²) in [5.74, 6) is -0.805. The summed E-state index contributed by atoms with van der Waals surface area (Å²) in [6, 6.07) is 4.79. The van der Waals surface area contributed by atoms with Crippen LogP contribution in [0.3, 0.4) is 0 Å². The number of imidazole rings is 1. The number of anilines is 1. The van der Waals surface area contributed by atoms with Gasteiger partial charge in [-0.25, -0.2) is 24.3 Å². The Morgan fingerprint density at radius 2 is 1.92 bits per heavy atom. The molecule has 4 atom stereocenters. The molecular weight excluding hydrogens is 503 g/mol. The van der Waals surface area contributed by atoms with Gasteiger partial charge in [0.2, 0.25) is 0 Å². The van der Waals surface area contributed by atoms with Crippen LogP contribution in [0.1, 0.15) is 29.7 Å². The fraction of sp³-hybridized carbons (Fsp3) is 0.348. The summed E-state index contributed by atoms with van der Waals surface area (Å²) >= 11 is 0. The lowest BCUT2D eigenvalue weighted by atomic mass is 10.1. The third-order valence-electron chi connectivity index (χ3n) is 5.76. The molecule has 0 saturated heterocycles. The summed E-state index contributed by atoms with van der Waals surface area (Å²) in [4.78, 5) is 36.2. The largest absolute Gasteiger partial charge is 0.468 e. The predicted molar refractivity (Wildman–Crippen MR) is 133 cm³/mol. The minimum atomic E-state index is -4.05. The summed E-state index contributed by atoms with van der Waals surface area (Å²) in [7, 11) is -1.55. The molecule has 0 spiro atoms. The first kappa shape index (κ1) is 26.3. The Hall–Kier alpha value is -3.80. The molecule has 1 aliphatic rings. The number of hydrogen-bond donors (Lipinski definition) is 2. The van der Waals surface area contributed by atoms with Crippen molar-refractivity contribution in [3.63, 3.8) is 0 Å². The highest BCUT2D eigenvalue weighted by atomic mass is 31.2. The van der Waals surface area contributed by atoms with Gasteiger partial charge in [0.25, 0.3) is 0 Å². The van der Waals surface area contributed by atoms with E-state index < -0.39 is 25.7 Å². The second-order valence-corrected chi connectivity index (χ2v) is 10.00. The van der Waals surface area contributed by atoms with Crippen molar-refractivity contribution in [2.24, 2.45) is 5.92 Å². The molecule has 13 nitrogen and oxygen atoms in total. The van der Waals surface area contributed by atoms with Crippen LogP contribution < -0.4 is 15.3 Å². The highest BCUT2D eigenvalue weighted by molar-refractivity contribution is 7.52. The SMILES string of the molecule is COC(=O)c1ccc(OP(=O)(N[C@@H](C)C(=O)OC)OC[C@H]2C=C[C@@H](n3cnc4c(N)ncnc43)C2)cc1. The van der Waals surface area contributed by atoms with Crippen LogP contribution in [0.4, 0.5) is 5.82 Å². The Labute approximate surface area is 212 Å². The van der Waals surface area contributed by atoms with Gasteiger partial charge < -0.3 is 24.3 Å². The number of carbonyl (C=O) groups is 2. The third kappa shape index (κ3) is 5.96. The standard InChI is InChI=1S/C23H27N6O7P/c1-14(22(30)33-2)28-37(32,36-18-8-5-16(6-9-18)23(31)34-3)35-11-15-4-7-17(10-15)29-13-27-19-20(24)25-12-26-21(19)29/h4-9,12-15,17H,10-11H2,1-3H3,(H,28,32)(H2,24,25,26)/t14-,15-,17+,37?/m0/s1. The average molecular weight is 530 g/mol. The van der Waals surface area contributed by atoms with Crippen molar-refractivity contribution >= 4 is 36.7 Å². The molecule has 14 heteroatoms. The summed E-state index contributed by atoms with van der Waals surface area (Å²) < 4.78 is 36.3. The Morgan fingerprint density at radius 3 is 2.62 bits per heavy atom. The number of aromatic nitrogens is 4. The van der Waals surface area contributed by atoms with Crippen molar-refractivity contribution in [1.29, 1.82) is 0 Å². The molecule has 0 saturated carbocycles. The quantitative estimate of drug-likeness (QED) is 0.223. The fourth-order valence-electron chi connectivity index (χ4n) is 3.85. The van der Waals surface area contributed by atoms with Gasteiger partial charge in [0, 0.05) is 5.92 Å². The highest BCUT2D eigenvalue weighted by Gasteiger charge is 2.34. The lowest BCUT2D eigenvalue weighted by Crippen LogP contribution is -2.34. The number of esters is 2. The van der Waals surface area contributed by atoms with E-state index in [1.165, 1.54) is 51.7 Å². The molecule has 2 aromatic heterocycles. The van der Waals surface area contributed by atoms with Crippen molar-refractivity contribution in [2.75, 3.05) is 26.6 Å². The molecule has 0 aliphatic heterocycles. The first-order chi connectivity index (χ1) is 17.7. The zero-order valence-corrected chi connectivity index (χ0v) is 21.3. The maximum Gasteiger partial charge on any atom is 0.459 e. The second kappa shape index (κ2) is 11.1. The van der Waals surface area contributed by atoms with Crippen molar-refractivity contribution in [3.8, 4) is 5.75 Å². The summed E-state index contributed by atoms with van der Waals surface area (Å²) in [5, 5.41) is 2.61. The number of nitrogens with zero attached hydrogens (tertiary/aromatic N) is 4. The topological polar surface area (TPSA) is 170 Å². The molecule has 1 unspecified atom stereocenters. The van der Waals surface area contributed by atoms with E-state index in [0.717, 1.165) is 0 Å². The number of nitrogens with one attached hydrogen (secondary N) is 1. The number of rotatable bonds is 10. The summed E-state index contributed by atoms with van der Waals surface area (Å²) in [5.41, 5.74) is 7.31. The van der Waals surface area contributed by atoms with Gasteiger partial charge in [-0.15, -0.1) is 0 Å². The number of allylic oxidation sites excluding steroid dienone is 1. The highest BCUT2D eigenvalue weighted by Crippen LogP contribution is 2.46. The van der Waals surface area contributed by atoms with Crippen LogP contribution in [-0.4, -0.2) is 58.3 Å². The Kier molecular flexibility index (Phi) is 7.86. The molecule has 1 aliphatic carbocycles. The van der Waals surface area contributed by atoms with E-state index in [0.29, 0.717) is 29.0 Å². The van der Waals surface area contributed by atoms with Crippen LogP contribution in [0.15, 0.2) is 49.1 Å². The zero-order valence-electron chi connectivity index (χ0n) is 20.4. The van der Waals surface area contributed by atoms with E-state index in [-0.39, 0.29) is 24.3 Å². The monoisotopic (exact) mass is 530 g/mol. The molecule has 0 radical (unpaired) electrons. The van der Waals surface area contributed by atoms with Crippen LogP contribution in [0.2, 0.25) is 0 Å². The first-order valence-corrected chi connectivity index (χ1v) is 12.9. The smallest absolute Gasteiger partial charge is 0.459 e. The number of fused-ring (bicyclic) bond motifs is 1. The van der Waals surface area contributed by atoms with Crippen molar-refractivity contribution < 1.29 is 32.7 Å². The number of hydrogen-bond acceptors (Lipinski definition) is 11. The van der Waals surface area contributed by atoms with Gasteiger partial charge >= 0.3 is 19.7 Å². The number of benzene rings is 1. The minimum Gasteiger partial charge on any atom is -0.468 e. The number of nitrogens with two attached hydrogens (primary N) is 1. The molecule has 0 bridgehead atoms.